The predicted molar refractivity (Wildman–Crippen MR) is 172 cm³/mol. The number of ether oxygens (including phenoxy) is 3. The molecule has 17 heteroatoms. The molecule has 11 nitrogen and oxygen atoms in total. The number of carbonyl (C=O) groups is 2. The van der Waals surface area contributed by atoms with Crippen molar-refractivity contribution in [1.82, 2.24) is 20.3 Å². The van der Waals surface area contributed by atoms with Gasteiger partial charge in [-0.05, 0) is 44.9 Å². The van der Waals surface area contributed by atoms with Crippen LogP contribution in [0.1, 0.15) is 42.9 Å². The van der Waals surface area contributed by atoms with Crippen molar-refractivity contribution < 1.29 is 50.6 Å². The van der Waals surface area contributed by atoms with E-state index in [0.29, 0.717) is 10.6 Å². The highest BCUT2D eigenvalue weighted by molar-refractivity contribution is 7.11. The molecule has 1 aromatic heterocycles. The minimum atomic E-state index is -3.44. The van der Waals surface area contributed by atoms with E-state index in [2.05, 4.69) is 16.9 Å². The van der Waals surface area contributed by atoms with Gasteiger partial charge in [0.05, 0.1) is 49.4 Å². The van der Waals surface area contributed by atoms with E-state index in [1.54, 1.807) is 31.5 Å². The summed E-state index contributed by atoms with van der Waals surface area (Å²) in [6, 6.07) is 0.717. The van der Waals surface area contributed by atoms with E-state index < -0.39 is 73.0 Å². The van der Waals surface area contributed by atoms with Crippen molar-refractivity contribution in [2.45, 2.75) is 64.5 Å². The van der Waals surface area contributed by atoms with E-state index in [4.69, 9.17) is 24.0 Å². The van der Waals surface area contributed by atoms with Crippen LogP contribution >= 0.6 is 11.3 Å². The molecule has 3 aliphatic rings. The van der Waals surface area contributed by atoms with Crippen molar-refractivity contribution in [2.75, 3.05) is 39.5 Å². The van der Waals surface area contributed by atoms with Gasteiger partial charge in [-0.3, -0.25) is 19.5 Å². The van der Waals surface area contributed by atoms with Crippen LogP contribution in [-0.2, 0) is 28.6 Å². The molecule has 2 saturated heterocycles. The van der Waals surface area contributed by atoms with Crippen LogP contribution in [-0.4, -0.2) is 103 Å². The maximum Gasteiger partial charge on any atom is 0.345 e. The monoisotopic (exact) mass is 727 g/mol. The zero-order chi connectivity index (χ0) is 36.4. The lowest BCUT2D eigenvalue weighted by molar-refractivity contribution is -0.241. The maximum absolute atomic E-state index is 15.9. The molecule has 2 aromatic rings. The Balaban J connectivity index is 1.48. The SMILES string of the molecule is C=CCOC(=O)C(C)(C)[C@H](CN1OC[C@H]2[C@@H]1C(F)(F)CN2CC1=C(C(=O)OCC)[C@H](c2cccc(F)c2C)N=C(c2nccs2)N1)OC(F)F. The molecular formula is C33H38F5N5O6S. The second-order valence-corrected chi connectivity index (χ2v) is 13.4. The number of likely N-dealkylation sites (tertiary alicyclic amines) is 1. The van der Waals surface area contributed by atoms with Crippen LogP contribution in [0.4, 0.5) is 22.0 Å². The van der Waals surface area contributed by atoms with Gasteiger partial charge in [0.15, 0.2) is 10.8 Å². The molecule has 3 aliphatic heterocycles. The number of halogens is 5. The number of thiazole rings is 1. The summed E-state index contributed by atoms with van der Waals surface area (Å²) in [6.45, 7) is 3.85. The van der Waals surface area contributed by atoms with Gasteiger partial charge >= 0.3 is 18.6 Å². The van der Waals surface area contributed by atoms with Crippen molar-refractivity contribution in [3.63, 3.8) is 0 Å². The number of aromatic nitrogens is 1. The summed E-state index contributed by atoms with van der Waals surface area (Å²) in [4.78, 5) is 42.5. The number of nitrogens with one attached hydrogen (secondary N) is 1. The molecule has 5 rings (SSSR count). The van der Waals surface area contributed by atoms with Crippen LogP contribution in [0, 0.1) is 18.2 Å². The molecule has 1 aromatic carbocycles. The number of benzene rings is 1. The number of rotatable bonds is 14. The van der Waals surface area contributed by atoms with Gasteiger partial charge in [-0.1, -0.05) is 24.8 Å². The number of esters is 2. The maximum atomic E-state index is 15.9. The predicted octanol–water partition coefficient (Wildman–Crippen LogP) is 4.80. The first-order valence-electron chi connectivity index (χ1n) is 15.8. The fourth-order valence-corrected chi connectivity index (χ4v) is 6.89. The molecule has 1 N–H and O–H groups in total. The molecule has 0 radical (unpaired) electrons. The highest BCUT2D eigenvalue weighted by atomic mass is 32.1. The summed E-state index contributed by atoms with van der Waals surface area (Å²) in [5.41, 5.74) is -0.867. The topological polar surface area (TPSA) is 115 Å². The van der Waals surface area contributed by atoms with E-state index in [0.717, 1.165) is 5.06 Å². The Kier molecular flexibility index (Phi) is 11.4. The summed E-state index contributed by atoms with van der Waals surface area (Å²) >= 11 is 1.25. The highest BCUT2D eigenvalue weighted by Gasteiger charge is 2.61. The van der Waals surface area contributed by atoms with Crippen molar-refractivity contribution >= 4 is 29.1 Å². The molecule has 0 saturated carbocycles. The van der Waals surface area contributed by atoms with E-state index in [9.17, 15) is 22.8 Å². The molecule has 2 fully saturated rings. The van der Waals surface area contributed by atoms with Crippen LogP contribution in [0.2, 0.25) is 0 Å². The summed E-state index contributed by atoms with van der Waals surface area (Å²) in [7, 11) is 0. The fraction of sp³-hybridized carbons (Fsp3) is 0.515. The Morgan fingerprint density at radius 3 is 2.70 bits per heavy atom. The number of aliphatic imine (C=N–C) groups is 1. The lowest BCUT2D eigenvalue weighted by Crippen LogP contribution is -2.52. The Morgan fingerprint density at radius 1 is 1.28 bits per heavy atom. The number of hydrogen-bond donors (Lipinski definition) is 1. The van der Waals surface area contributed by atoms with E-state index in [-0.39, 0.29) is 49.0 Å². The third-order valence-electron chi connectivity index (χ3n) is 8.90. The summed E-state index contributed by atoms with van der Waals surface area (Å²) < 4.78 is 89.0. The standard InChI is InChI=1S/C33H38F5N5O6S/c1-6-12-47-30(45)32(4,5)23(49-31(35)36)15-43-26-22(16-48-43)42(17-33(26,37)38)14-21-24(29(44)46-7-2)25(19-9-8-10-20(34)18(19)3)41-27(40-21)28-39-11-13-50-28/h6,8-11,13,22-23,25-26,31H,1,7,12,14-17H2,2-5H3,(H,40,41)/t22-,23-,25-,26+/m0/s1. The first-order chi connectivity index (χ1) is 23.7. The van der Waals surface area contributed by atoms with Crippen molar-refractivity contribution in [2.24, 2.45) is 10.4 Å². The first-order valence-corrected chi connectivity index (χ1v) is 16.7. The molecule has 0 unspecified atom stereocenters. The molecule has 0 amide bonds. The van der Waals surface area contributed by atoms with E-state index in [1.807, 2.05) is 0 Å². The third-order valence-corrected chi connectivity index (χ3v) is 9.68. The smallest absolute Gasteiger partial charge is 0.345 e. The minimum Gasteiger partial charge on any atom is -0.463 e. The normalized spacial score (nSPS) is 23.0. The Hall–Kier alpha value is -3.77. The van der Waals surface area contributed by atoms with Crippen LogP contribution in [0.3, 0.4) is 0 Å². The fourth-order valence-electron chi connectivity index (χ4n) is 6.30. The molecule has 272 valence electrons. The van der Waals surface area contributed by atoms with Gasteiger partial charge in [-0.2, -0.15) is 13.8 Å². The number of hydroxylamine groups is 2. The zero-order valence-electron chi connectivity index (χ0n) is 27.8. The molecule has 4 atom stereocenters. The van der Waals surface area contributed by atoms with Crippen LogP contribution in [0.5, 0.6) is 0 Å². The number of alkyl halides is 4. The van der Waals surface area contributed by atoms with E-state index >= 15 is 8.78 Å². The van der Waals surface area contributed by atoms with Gasteiger partial charge in [0.1, 0.15) is 24.5 Å². The second-order valence-electron chi connectivity index (χ2n) is 12.5. The van der Waals surface area contributed by atoms with Crippen LogP contribution in [0.15, 0.2) is 58.7 Å². The van der Waals surface area contributed by atoms with Crippen molar-refractivity contribution in [3.05, 3.63) is 75.7 Å². The average Bonchev–Trinajstić information content (AvgIpc) is 3.80. The van der Waals surface area contributed by atoms with E-state index in [1.165, 1.54) is 48.3 Å². The second kappa shape index (κ2) is 15.2. The summed E-state index contributed by atoms with van der Waals surface area (Å²) in [5.74, 6) is -5.36. The minimum absolute atomic E-state index is 0.00212. The van der Waals surface area contributed by atoms with Crippen molar-refractivity contribution in [3.8, 4) is 0 Å². The number of amidine groups is 1. The highest BCUT2D eigenvalue weighted by Crippen LogP contribution is 2.43. The summed E-state index contributed by atoms with van der Waals surface area (Å²) in [5, 5.41) is 6.16. The quantitative estimate of drug-likeness (QED) is 0.166. The third kappa shape index (κ3) is 7.61. The van der Waals surface area contributed by atoms with Gasteiger partial charge in [0, 0.05) is 23.8 Å². The number of hydrogen-bond acceptors (Lipinski definition) is 12. The Morgan fingerprint density at radius 2 is 2.04 bits per heavy atom. The Bertz CT molecular complexity index is 1640. The van der Waals surface area contributed by atoms with Crippen LogP contribution < -0.4 is 5.32 Å². The number of fused-ring (bicyclic) bond motifs is 1. The first kappa shape index (κ1) is 37.5. The van der Waals surface area contributed by atoms with Gasteiger partial charge in [-0.15, -0.1) is 11.3 Å². The largest absolute Gasteiger partial charge is 0.463 e. The van der Waals surface area contributed by atoms with Gasteiger partial charge in [0.25, 0.3) is 5.92 Å². The van der Waals surface area contributed by atoms with Gasteiger partial charge in [0.2, 0.25) is 0 Å². The number of nitrogens with zero attached hydrogens (tertiary/aromatic N) is 4. The van der Waals surface area contributed by atoms with Gasteiger partial charge < -0.3 is 19.5 Å². The van der Waals surface area contributed by atoms with Crippen LogP contribution in [0.25, 0.3) is 0 Å². The van der Waals surface area contributed by atoms with Crippen molar-refractivity contribution in [1.29, 1.82) is 0 Å². The molecule has 50 heavy (non-hydrogen) atoms. The molecule has 0 aliphatic carbocycles. The lowest BCUT2D eigenvalue weighted by Gasteiger charge is -2.36. The molecule has 0 spiro atoms. The lowest BCUT2D eigenvalue weighted by atomic mass is 9.86. The molecular weight excluding hydrogens is 689 g/mol. The molecule has 0 bridgehead atoms. The number of carbonyl (C=O) groups excluding carboxylic acids is 2. The average molecular weight is 728 g/mol. The summed E-state index contributed by atoms with van der Waals surface area (Å²) in [6.07, 6.45) is 1.25. The molecule has 4 heterocycles. The Labute approximate surface area is 289 Å². The van der Waals surface area contributed by atoms with Gasteiger partial charge in [-0.25, -0.2) is 22.9 Å². The zero-order valence-corrected chi connectivity index (χ0v) is 28.7.